The number of thioether (sulfide) groups is 1. The summed E-state index contributed by atoms with van der Waals surface area (Å²) in [6.45, 7) is 1.40. The molecule has 0 aliphatic carbocycles. The average Bonchev–Trinajstić information content (AvgIpc) is 3.23. The maximum atomic E-state index is 12.0. The molecule has 4 nitrogen and oxygen atoms in total. The summed E-state index contributed by atoms with van der Waals surface area (Å²) in [5, 5.41) is 5.62. The molecule has 128 valence electrons. The summed E-state index contributed by atoms with van der Waals surface area (Å²) < 4.78 is 6.47. The number of carbonyl (C=O) groups is 1. The van der Waals surface area contributed by atoms with Gasteiger partial charge in [-0.1, -0.05) is 35.5 Å². The fourth-order valence-electron chi connectivity index (χ4n) is 2.47. The Balaban J connectivity index is 1.43. The van der Waals surface area contributed by atoms with Crippen LogP contribution >= 0.6 is 34.7 Å². The van der Waals surface area contributed by atoms with Crippen LogP contribution in [0.1, 0.15) is 24.1 Å². The second kappa shape index (κ2) is 8.85. The minimum absolute atomic E-state index is 0.00203. The number of rotatable bonds is 7. The van der Waals surface area contributed by atoms with Crippen LogP contribution in [-0.4, -0.2) is 30.1 Å². The number of amides is 1. The molecule has 1 aliphatic rings. The molecule has 3 rings (SSSR count). The van der Waals surface area contributed by atoms with Crippen molar-refractivity contribution in [2.75, 3.05) is 13.2 Å². The number of hydrogen-bond donors (Lipinski definition) is 1. The molecule has 1 aromatic carbocycles. The highest BCUT2D eigenvalue weighted by Gasteiger charge is 2.16. The highest BCUT2D eigenvalue weighted by Crippen LogP contribution is 2.27. The van der Waals surface area contributed by atoms with Crippen LogP contribution < -0.4 is 5.32 Å². The van der Waals surface area contributed by atoms with Gasteiger partial charge in [-0.05, 0) is 30.5 Å². The van der Waals surface area contributed by atoms with Crippen LogP contribution in [0, 0.1) is 0 Å². The van der Waals surface area contributed by atoms with Crippen LogP contribution in [0.2, 0.25) is 5.02 Å². The van der Waals surface area contributed by atoms with Gasteiger partial charge in [-0.2, -0.15) is 0 Å². The Bertz CT molecular complexity index is 687. The topological polar surface area (TPSA) is 51.2 Å². The fraction of sp³-hybridized carbons (Fsp3) is 0.412. The van der Waals surface area contributed by atoms with E-state index in [2.05, 4.69) is 10.3 Å². The minimum atomic E-state index is 0.00203. The molecule has 2 aromatic rings. The second-order valence-corrected chi connectivity index (χ2v) is 8.16. The van der Waals surface area contributed by atoms with Gasteiger partial charge in [-0.25, -0.2) is 4.98 Å². The number of halogens is 1. The van der Waals surface area contributed by atoms with Gasteiger partial charge in [0.15, 0.2) is 0 Å². The molecule has 1 N–H and O–H groups in total. The molecule has 7 heteroatoms. The maximum Gasteiger partial charge on any atom is 0.226 e. The predicted molar refractivity (Wildman–Crippen MR) is 98.8 cm³/mol. The van der Waals surface area contributed by atoms with Crippen LogP contribution in [0.3, 0.4) is 0 Å². The molecule has 0 spiro atoms. The molecule has 24 heavy (non-hydrogen) atoms. The molecule has 1 amide bonds. The van der Waals surface area contributed by atoms with E-state index in [0.29, 0.717) is 13.0 Å². The monoisotopic (exact) mass is 382 g/mol. The minimum Gasteiger partial charge on any atom is -0.376 e. The van der Waals surface area contributed by atoms with Gasteiger partial charge in [0.25, 0.3) is 0 Å². The van der Waals surface area contributed by atoms with Crippen molar-refractivity contribution in [1.82, 2.24) is 10.3 Å². The van der Waals surface area contributed by atoms with Crippen LogP contribution in [-0.2, 0) is 21.7 Å². The first-order chi connectivity index (χ1) is 11.7. The van der Waals surface area contributed by atoms with Crippen molar-refractivity contribution in [3.63, 3.8) is 0 Å². The highest BCUT2D eigenvalue weighted by atomic mass is 35.5. The van der Waals surface area contributed by atoms with Gasteiger partial charge in [0.05, 0.1) is 18.2 Å². The molecule has 1 fully saturated rings. The molecule has 1 atom stereocenters. The number of benzene rings is 1. The van der Waals surface area contributed by atoms with Gasteiger partial charge in [0, 0.05) is 29.3 Å². The summed E-state index contributed by atoms with van der Waals surface area (Å²) in [7, 11) is 0. The zero-order valence-corrected chi connectivity index (χ0v) is 15.6. The van der Waals surface area contributed by atoms with Gasteiger partial charge in [-0.3, -0.25) is 4.79 Å². The Hall–Kier alpha value is -1.08. The average molecular weight is 383 g/mol. The van der Waals surface area contributed by atoms with Gasteiger partial charge in [0.1, 0.15) is 4.34 Å². The third-order valence-electron chi connectivity index (χ3n) is 3.67. The van der Waals surface area contributed by atoms with E-state index in [1.807, 2.05) is 29.6 Å². The molecule has 1 saturated heterocycles. The third-order valence-corrected chi connectivity index (χ3v) is 6.05. The van der Waals surface area contributed by atoms with Crippen LogP contribution in [0.4, 0.5) is 0 Å². The lowest BCUT2D eigenvalue weighted by Crippen LogP contribution is -2.32. The molecule has 0 radical (unpaired) electrons. The first kappa shape index (κ1) is 17.7. The molecule has 1 aliphatic heterocycles. The molecule has 0 bridgehead atoms. The fourth-order valence-corrected chi connectivity index (χ4v) is 4.47. The van der Waals surface area contributed by atoms with Gasteiger partial charge in [0.2, 0.25) is 5.91 Å². The Morgan fingerprint density at radius 1 is 1.50 bits per heavy atom. The number of nitrogens with one attached hydrogen (secondary N) is 1. The summed E-state index contributed by atoms with van der Waals surface area (Å²) in [4.78, 5) is 16.5. The van der Waals surface area contributed by atoms with E-state index in [0.717, 1.165) is 40.3 Å². The summed E-state index contributed by atoms with van der Waals surface area (Å²) in [6, 6.07) is 7.82. The second-order valence-electron chi connectivity index (χ2n) is 5.64. The van der Waals surface area contributed by atoms with Crippen molar-refractivity contribution >= 4 is 40.6 Å². The van der Waals surface area contributed by atoms with Crippen molar-refractivity contribution in [2.24, 2.45) is 0 Å². The molecule has 0 saturated carbocycles. The number of aromatic nitrogens is 1. The van der Waals surface area contributed by atoms with E-state index < -0.39 is 0 Å². The van der Waals surface area contributed by atoms with Gasteiger partial charge < -0.3 is 10.1 Å². The first-order valence-corrected chi connectivity index (χ1v) is 10.1. The van der Waals surface area contributed by atoms with Crippen molar-refractivity contribution in [2.45, 2.75) is 35.5 Å². The smallest absolute Gasteiger partial charge is 0.226 e. The summed E-state index contributed by atoms with van der Waals surface area (Å²) >= 11 is 9.22. The Morgan fingerprint density at radius 3 is 3.21 bits per heavy atom. The van der Waals surface area contributed by atoms with Gasteiger partial charge in [-0.15, -0.1) is 11.3 Å². The zero-order valence-electron chi connectivity index (χ0n) is 13.2. The van der Waals surface area contributed by atoms with Crippen LogP contribution in [0.25, 0.3) is 0 Å². The largest absolute Gasteiger partial charge is 0.376 e. The number of hydrogen-bond acceptors (Lipinski definition) is 5. The van der Waals surface area contributed by atoms with E-state index in [1.54, 1.807) is 23.1 Å². The SMILES string of the molecule is O=C(Cc1csc(SCc2cccc(Cl)c2)n1)NC[C@@H]1CCCO1. The summed E-state index contributed by atoms with van der Waals surface area (Å²) in [6.07, 6.45) is 2.61. The Kier molecular flexibility index (Phi) is 6.54. The number of nitrogens with zero attached hydrogens (tertiary/aromatic N) is 1. The zero-order chi connectivity index (χ0) is 16.8. The van der Waals surface area contributed by atoms with Gasteiger partial charge >= 0.3 is 0 Å². The van der Waals surface area contributed by atoms with Crippen LogP contribution in [0.5, 0.6) is 0 Å². The molecule has 2 heterocycles. The lowest BCUT2D eigenvalue weighted by atomic mass is 10.2. The Labute approximate surface area is 155 Å². The molecular formula is C17H19ClN2O2S2. The quantitative estimate of drug-likeness (QED) is 0.737. The summed E-state index contributed by atoms with van der Waals surface area (Å²) in [5.74, 6) is 0.820. The third kappa shape index (κ3) is 5.48. The first-order valence-electron chi connectivity index (χ1n) is 7.89. The standard InChI is InChI=1S/C17H19ClN2O2S2/c18-13-4-1-3-12(7-13)10-23-17-20-14(11-24-17)8-16(21)19-9-15-5-2-6-22-15/h1,3-4,7,11,15H,2,5-6,8-10H2,(H,19,21)/t15-/m0/s1. The molecular weight excluding hydrogens is 364 g/mol. The van der Waals surface area contributed by atoms with E-state index >= 15 is 0 Å². The Morgan fingerprint density at radius 2 is 2.42 bits per heavy atom. The van der Waals surface area contributed by atoms with E-state index in [1.165, 1.54) is 5.56 Å². The van der Waals surface area contributed by atoms with E-state index in [-0.39, 0.29) is 12.0 Å². The van der Waals surface area contributed by atoms with E-state index in [4.69, 9.17) is 16.3 Å². The lowest BCUT2D eigenvalue weighted by molar-refractivity contribution is -0.121. The van der Waals surface area contributed by atoms with Crippen molar-refractivity contribution in [1.29, 1.82) is 0 Å². The van der Waals surface area contributed by atoms with Crippen molar-refractivity contribution in [3.8, 4) is 0 Å². The van der Waals surface area contributed by atoms with Crippen molar-refractivity contribution < 1.29 is 9.53 Å². The number of ether oxygens (including phenoxy) is 1. The van der Waals surface area contributed by atoms with Crippen LogP contribution in [0.15, 0.2) is 34.0 Å². The predicted octanol–water partition coefficient (Wildman–Crippen LogP) is 3.93. The normalized spacial score (nSPS) is 17.1. The lowest BCUT2D eigenvalue weighted by Gasteiger charge is -2.09. The van der Waals surface area contributed by atoms with E-state index in [9.17, 15) is 4.79 Å². The van der Waals surface area contributed by atoms with Crippen molar-refractivity contribution in [3.05, 3.63) is 45.9 Å². The number of thiazole rings is 1. The molecule has 1 aromatic heterocycles. The summed E-state index contributed by atoms with van der Waals surface area (Å²) in [5.41, 5.74) is 1.98. The highest BCUT2D eigenvalue weighted by molar-refractivity contribution is 8.00. The maximum absolute atomic E-state index is 12.0. The molecule has 0 unspecified atom stereocenters. The number of carbonyl (C=O) groups excluding carboxylic acids is 1.